The number of alkyl halides is 2. The van der Waals surface area contributed by atoms with Crippen LogP contribution in [-0.2, 0) is 19.5 Å². The molecular formula is C17H21ClF2N4O3. The van der Waals surface area contributed by atoms with Gasteiger partial charge in [-0.25, -0.2) is 0 Å². The number of fused-ring (bicyclic) bond motifs is 1. The zero-order chi connectivity index (χ0) is 18.5. The molecule has 2 aromatic rings. The summed E-state index contributed by atoms with van der Waals surface area (Å²) >= 11 is 0. The monoisotopic (exact) mass is 402 g/mol. The number of para-hydroxylation sites is 1. The molecule has 0 fully saturated rings. The Balaban J connectivity index is 0.00000261. The fraction of sp³-hybridized carbons (Fsp3) is 0.412. The molecule has 10 heteroatoms. The minimum atomic E-state index is -2.99. The second kappa shape index (κ2) is 9.52. The van der Waals surface area contributed by atoms with Gasteiger partial charge in [0.25, 0.3) is 5.91 Å². The molecule has 3 N–H and O–H groups in total. The summed E-state index contributed by atoms with van der Waals surface area (Å²) in [5.74, 6) is -0.243. The van der Waals surface area contributed by atoms with Crippen LogP contribution >= 0.6 is 12.4 Å². The number of hydrogen-bond acceptors (Lipinski definition) is 5. The molecule has 1 aliphatic heterocycles. The summed E-state index contributed by atoms with van der Waals surface area (Å²) in [6, 6.07) is 4.80. The van der Waals surface area contributed by atoms with Crippen molar-refractivity contribution in [2.45, 2.75) is 33.0 Å². The Morgan fingerprint density at radius 1 is 1.41 bits per heavy atom. The first kappa shape index (κ1) is 20.9. The Bertz CT molecular complexity index is 786. The van der Waals surface area contributed by atoms with Gasteiger partial charge in [0.15, 0.2) is 17.2 Å². The summed E-state index contributed by atoms with van der Waals surface area (Å²) in [6.07, 6.45) is 0.776. The maximum Gasteiger partial charge on any atom is 0.387 e. The molecule has 0 bridgehead atoms. The second-order valence-corrected chi connectivity index (χ2v) is 5.69. The zero-order valence-electron chi connectivity index (χ0n) is 14.7. The fourth-order valence-electron chi connectivity index (χ4n) is 2.86. The molecule has 0 atom stereocenters. The number of rotatable bonds is 7. The molecule has 27 heavy (non-hydrogen) atoms. The molecule has 1 aliphatic rings. The standard InChI is InChI=1S/C17H20F2N4O3.ClH/c1-2-25-13-5-3-4-10(15(13)26-17(18)19)8-21-16(24)14-11-9-20-7-6-12(11)22-23-14;/h3-5,17,20H,2,6-9H2,1H3,(H,21,24)(H,22,23);1H. The summed E-state index contributed by atoms with van der Waals surface area (Å²) in [4.78, 5) is 12.5. The highest BCUT2D eigenvalue weighted by atomic mass is 35.5. The van der Waals surface area contributed by atoms with E-state index in [4.69, 9.17) is 4.74 Å². The van der Waals surface area contributed by atoms with Crippen molar-refractivity contribution in [3.05, 3.63) is 40.7 Å². The Hall–Kier alpha value is -2.39. The van der Waals surface area contributed by atoms with Crippen LogP contribution in [0.4, 0.5) is 8.78 Å². The molecule has 7 nitrogen and oxygen atoms in total. The number of carbonyl (C=O) groups excluding carboxylic acids is 1. The van der Waals surface area contributed by atoms with Crippen molar-refractivity contribution < 1.29 is 23.0 Å². The van der Waals surface area contributed by atoms with Crippen LogP contribution in [0.15, 0.2) is 18.2 Å². The van der Waals surface area contributed by atoms with Gasteiger partial charge >= 0.3 is 6.61 Å². The number of carbonyl (C=O) groups is 1. The number of halogens is 3. The predicted octanol–water partition coefficient (Wildman–Crippen LogP) is 2.41. The van der Waals surface area contributed by atoms with Gasteiger partial charge in [-0.3, -0.25) is 9.89 Å². The molecule has 1 aromatic carbocycles. The van der Waals surface area contributed by atoms with E-state index >= 15 is 0 Å². The molecule has 0 spiro atoms. The summed E-state index contributed by atoms with van der Waals surface area (Å²) < 4.78 is 35.4. The first-order valence-corrected chi connectivity index (χ1v) is 8.34. The lowest BCUT2D eigenvalue weighted by atomic mass is 10.1. The number of benzene rings is 1. The molecule has 148 valence electrons. The van der Waals surface area contributed by atoms with E-state index in [1.54, 1.807) is 25.1 Å². The first-order valence-electron chi connectivity index (χ1n) is 8.34. The van der Waals surface area contributed by atoms with Gasteiger partial charge in [0.2, 0.25) is 0 Å². The highest BCUT2D eigenvalue weighted by Crippen LogP contribution is 2.32. The quantitative estimate of drug-likeness (QED) is 0.662. The van der Waals surface area contributed by atoms with Crippen LogP contribution in [0.25, 0.3) is 0 Å². The van der Waals surface area contributed by atoms with Crippen molar-refractivity contribution in [2.24, 2.45) is 0 Å². The molecule has 1 amide bonds. The maximum atomic E-state index is 12.7. The average molecular weight is 403 g/mol. The van der Waals surface area contributed by atoms with Crippen LogP contribution in [0.2, 0.25) is 0 Å². The maximum absolute atomic E-state index is 12.7. The van der Waals surface area contributed by atoms with Gasteiger partial charge in [-0.05, 0) is 13.0 Å². The molecule has 0 saturated heterocycles. The minimum absolute atomic E-state index is 0. The smallest absolute Gasteiger partial charge is 0.387 e. The molecule has 3 rings (SSSR count). The van der Waals surface area contributed by atoms with E-state index in [0.717, 1.165) is 24.2 Å². The normalized spacial score (nSPS) is 12.9. The SMILES string of the molecule is CCOc1cccc(CNC(=O)c2n[nH]c3c2CNCC3)c1OC(F)F.Cl. The molecule has 0 saturated carbocycles. The van der Waals surface area contributed by atoms with Crippen molar-refractivity contribution >= 4 is 18.3 Å². The van der Waals surface area contributed by atoms with E-state index in [9.17, 15) is 13.6 Å². The fourth-order valence-corrected chi connectivity index (χ4v) is 2.86. The number of hydrogen-bond donors (Lipinski definition) is 3. The largest absolute Gasteiger partial charge is 0.490 e. The van der Waals surface area contributed by atoms with Crippen LogP contribution in [-0.4, -0.2) is 35.9 Å². The third-order valence-corrected chi connectivity index (χ3v) is 4.03. The van der Waals surface area contributed by atoms with Crippen LogP contribution in [0, 0.1) is 0 Å². The Kier molecular flexibility index (Phi) is 7.37. The van der Waals surface area contributed by atoms with E-state index < -0.39 is 6.61 Å². The number of amides is 1. The van der Waals surface area contributed by atoms with Crippen LogP contribution in [0.1, 0.15) is 34.2 Å². The Morgan fingerprint density at radius 2 is 2.22 bits per heavy atom. The van der Waals surface area contributed by atoms with E-state index in [1.807, 2.05) is 0 Å². The number of nitrogens with zero attached hydrogens (tertiary/aromatic N) is 1. The predicted molar refractivity (Wildman–Crippen MR) is 96.7 cm³/mol. The number of ether oxygens (including phenoxy) is 2. The van der Waals surface area contributed by atoms with Gasteiger partial charge < -0.3 is 20.1 Å². The van der Waals surface area contributed by atoms with Gasteiger partial charge in [0, 0.05) is 42.9 Å². The molecule has 0 unspecified atom stereocenters. The summed E-state index contributed by atoms with van der Waals surface area (Å²) in [6.45, 7) is 0.465. The molecule has 2 heterocycles. The third kappa shape index (κ3) is 4.86. The van der Waals surface area contributed by atoms with E-state index in [1.165, 1.54) is 0 Å². The van der Waals surface area contributed by atoms with Crippen LogP contribution < -0.4 is 20.1 Å². The number of H-pyrrole nitrogens is 1. The van der Waals surface area contributed by atoms with Crippen LogP contribution in [0.5, 0.6) is 11.5 Å². The number of nitrogens with one attached hydrogen (secondary N) is 3. The van der Waals surface area contributed by atoms with E-state index in [0.29, 0.717) is 24.4 Å². The lowest BCUT2D eigenvalue weighted by Crippen LogP contribution is -2.28. The topological polar surface area (TPSA) is 88.3 Å². The van der Waals surface area contributed by atoms with Crippen molar-refractivity contribution in [2.75, 3.05) is 13.2 Å². The number of aromatic nitrogens is 2. The van der Waals surface area contributed by atoms with Gasteiger partial charge in [0.1, 0.15) is 0 Å². The molecule has 0 aliphatic carbocycles. The van der Waals surface area contributed by atoms with Gasteiger partial charge in [-0.15, -0.1) is 12.4 Å². The lowest BCUT2D eigenvalue weighted by molar-refractivity contribution is -0.0520. The highest BCUT2D eigenvalue weighted by Gasteiger charge is 2.22. The molecular weight excluding hydrogens is 382 g/mol. The third-order valence-electron chi connectivity index (χ3n) is 4.03. The van der Waals surface area contributed by atoms with Crippen molar-refractivity contribution in [1.82, 2.24) is 20.8 Å². The van der Waals surface area contributed by atoms with Crippen molar-refractivity contribution in [3.63, 3.8) is 0 Å². The van der Waals surface area contributed by atoms with Gasteiger partial charge in [-0.1, -0.05) is 12.1 Å². The zero-order valence-corrected chi connectivity index (χ0v) is 15.5. The Labute approximate surface area is 161 Å². The molecule has 1 aromatic heterocycles. The van der Waals surface area contributed by atoms with Gasteiger partial charge in [0.05, 0.1) is 6.61 Å². The Morgan fingerprint density at radius 3 is 2.96 bits per heavy atom. The van der Waals surface area contributed by atoms with Crippen molar-refractivity contribution in [1.29, 1.82) is 0 Å². The summed E-state index contributed by atoms with van der Waals surface area (Å²) in [5.41, 5.74) is 2.48. The van der Waals surface area contributed by atoms with Gasteiger partial charge in [-0.2, -0.15) is 13.9 Å². The van der Waals surface area contributed by atoms with Crippen molar-refractivity contribution in [3.8, 4) is 11.5 Å². The first-order chi connectivity index (χ1) is 12.6. The van der Waals surface area contributed by atoms with E-state index in [2.05, 4.69) is 25.6 Å². The summed E-state index contributed by atoms with van der Waals surface area (Å²) in [7, 11) is 0. The summed E-state index contributed by atoms with van der Waals surface area (Å²) in [5, 5.41) is 12.8. The second-order valence-electron chi connectivity index (χ2n) is 5.69. The average Bonchev–Trinajstić information content (AvgIpc) is 3.06. The minimum Gasteiger partial charge on any atom is -0.490 e. The highest BCUT2D eigenvalue weighted by molar-refractivity contribution is 5.94. The van der Waals surface area contributed by atoms with E-state index in [-0.39, 0.29) is 36.4 Å². The molecule has 0 radical (unpaired) electrons. The number of aromatic amines is 1. The van der Waals surface area contributed by atoms with Crippen LogP contribution in [0.3, 0.4) is 0 Å². The lowest BCUT2D eigenvalue weighted by Gasteiger charge is -2.16.